The Morgan fingerprint density at radius 2 is 1.82 bits per heavy atom. The summed E-state index contributed by atoms with van der Waals surface area (Å²) >= 11 is 0. The fraction of sp³-hybridized carbons (Fsp3) is 0.259. The lowest BCUT2D eigenvalue weighted by molar-refractivity contribution is -0.110. The van der Waals surface area contributed by atoms with Crippen LogP contribution in [-0.4, -0.2) is 54.8 Å². The third-order valence-electron chi connectivity index (χ3n) is 6.58. The molecular weight excluding hydrogens is 433 g/mol. The van der Waals surface area contributed by atoms with Gasteiger partial charge < -0.3 is 19.5 Å². The third-order valence-corrected chi connectivity index (χ3v) is 6.58. The molecule has 1 N–H and O–H groups in total. The average Bonchev–Trinajstić information content (AvgIpc) is 3.43. The number of carbonyl (C=O) groups is 2. The van der Waals surface area contributed by atoms with Crippen molar-refractivity contribution in [3.8, 4) is 11.3 Å². The van der Waals surface area contributed by atoms with Gasteiger partial charge in [0.1, 0.15) is 17.3 Å². The Kier molecular flexibility index (Phi) is 5.79. The number of hydrogen-bond acceptors (Lipinski definition) is 4. The minimum absolute atomic E-state index is 0.0479. The zero-order valence-corrected chi connectivity index (χ0v) is 19.2. The highest BCUT2D eigenvalue weighted by molar-refractivity contribution is 6.34. The molecule has 0 bridgehead atoms. The Balaban J connectivity index is 1.30. The minimum atomic E-state index is -0.405. The van der Waals surface area contributed by atoms with Crippen LogP contribution in [0.25, 0.3) is 23.0 Å². The molecule has 0 atom stereocenters. The van der Waals surface area contributed by atoms with Crippen LogP contribution in [0.1, 0.15) is 34.5 Å². The topological polar surface area (TPSA) is 65.8 Å². The van der Waals surface area contributed by atoms with Crippen molar-refractivity contribution in [2.24, 2.45) is 0 Å². The summed E-state index contributed by atoms with van der Waals surface area (Å²) in [5.74, 6) is 0.456. The lowest BCUT2D eigenvalue weighted by Gasteiger charge is -2.35. The number of hydrogen-bond donors (Lipinski definition) is 1. The third kappa shape index (κ3) is 4.26. The van der Waals surface area contributed by atoms with E-state index in [0.717, 1.165) is 31.5 Å². The first kappa shape index (κ1) is 22.1. The van der Waals surface area contributed by atoms with Crippen LogP contribution in [0.4, 0.5) is 10.1 Å². The van der Waals surface area contributed by atoms with Crippen molar-refractivity contribution in [3.63, 3.8) is 0 Å². The molecule has 2 aromatic carbocycles. The highest BCUT2D eigenvalue weighted by atomic mass is 19.1. The smallest absolute Gasteiger partial charge is 0.256 e. The number of anilines is 1. The van der Waals surface area contributed by atoms with E-state index in [4.69, 9.17) is 4.42 Å². The van der Waals surface area contributed by atoms with Crippen LogP contribution in [0, 0.1) is 5.82 Å². The molecule has 2 amide bonds. The summed E-state index contributed by atoms with van der Waals surface area (Å²) in [4.78, 5) is 29.4. The zero-order valence-electron chi connectivity index (χ0n) is 19.2. The van der Waals surface area contributed by atoms with Gasteiger partial charge in [-0.3, -0.25) is 9.59 Å². The van der Waals surface area contributed by atoms with Crippen molar-refractivity contribution in [2.75, 3.05) is 32.5 Å². The van der Waals surface area contributed by atoms with Gasteiger partial charge in [0, 0.05) is 41.5 Å². The number of fused-ring (bicyclic) bond motifs is 1. The van der Waals surface area contributed by atoms with E-state index in [-0.39, 0.29) is 11.8 Å². The molecule has 0 spiro atoms. The summed E-state index contributed by atoms with van der Waals surface area (Å²) in [5.41, 5.74) is 2.93. The first-order valence-corrected chi connectivity index (χ1v) is 11.4. The molecule has 5 rings (SSSR count). The van der Waals surface area contributed by atoms with Crippen LogP contribution in [0.2, 0.25) is 0 Å². The van der Waals surface area contributed by atoms with E-state index in [1.165, 1.54) is 12.1 Å². The number of benzene rings is 2. The highest BCUT2D eigenvalue weighted by Crippen LogP contribution is 2.34. The molecular formula is C27H26FN3O3. The highest BCUT2D eigenvalue weighted by Gasteiger charge is 2.26. The lowest BCUT2D eigenvalue weighted by Crippen LogP contribution is -2.44. The van der Waals surface area contributed by atoms with Gasteiger partial charge in [0.25, 0.3) is 11.8 Å². The Hall–Kier alpha value is -3.71. The lowest BCUT2D eigenvalue weighted by atomic mass is 10.0. The SMILES string of the molecule is CN(C)C1CCN(C(=O)c2ccc(-c3ccc(C=C4C(=O)Nc5ccc(F)cc54)o3)cc2)CC1. The molecule has 1 aromatic heterocycles. The van der Waals surface area contributed by atoms with Crippen LogP contribution in [0.3, 0.4) is 0 Å². The van der Waals surface area contributed by atoms with Gasteiger partial charge in [-0.05, 0) is 75.5 Å². The molecule has 6 nitrogen and oxygen atoms in total. The fourth-order valence-electron chi connectivity index (χ4n) is 4.58. The number of carbonyl (C=O) groups excluding carboxylic acids is 2. The van der Waals surface area contributed by atoms with Crippen LogP contribution in [0.5, 0.6) is 0 Å². The van der Waals surface area contributed by atoms with Crippen LogP contribution >= 0.6 is 0 Å². The van der Waals surface area contributed by atoms with Crippen molar-refractivity contribution >= 4 is 29.2 Å². The van der Waals surface area contributed by atoms with Gasteiger partial charge in [0.15, 0.2) is 0 Å². The number of furan rings is 1. The molecule has 0 saturated carbocycles. The monoisotopic (exact) mass is 459 g/mol. The Bertz CT molecular complexity index is 1270. The number of amides is 2. The maximum Gasteiger partial charge on any atom is 0.256 e. The number of halogens is 1. The van der Waals surface area contributed by atoms with E-state index in [2.05, 4.69) is 24.3 Å². The van der Waals surface area contributed by atoms with Gasteiger partial charge in [-0.2, -0.15) is 0 Å². The summed E-state index contributed by atoms with van der Waals surface area (Å²) in [6.07, 6.45) is 3.58. The quantitative estimate of drug-likeness (QED) is 0.572. The van der Waals surface area contributed by atoms with Gasteiger partial charge in [0.2, 0.25) is 0 Å². The van der Waals surface area contributed by atoms with Gasteiger partial charge >= 0.3 is 0 Å². The van der Waals surface area contributed by atoms with E-state index >= 15 is 0 Å². The van der Waals surface area contributed by atoms with Gasteiger partial charge in [0.05, 0.1) is 5.57 Å². The van der Waals surface area contributed by atoms with E-state index in [1.807, 2.05) is 35.2 Å². The molecule has 2 aliphatic heterocycles. The first-order chi connectivity index (χ1) is 16.4. The standard InChI is InChI=1S/C27H26FN3O3/c1-30(2)20-11-13-31(14-12-20)27(33)18-5-3-17(4-6-18)25-10-8-21(34-25)16-23-22-15-19(28)7-9-24(22)29-26(23)32/h3-10,15-16,20H,11-14H2,1-2H3,(H,29,32). The molecule has 0 aliphatic carbocycles. The maximum absolute atomic E-state index is 13.7. The number of nitrogens with one attached hydrogen (secondary N) is 1. The number of likely N-dealkylation sites (tertiary alicyclic amines) is 1. The minimum Gasteiger partial charge on any atom is -0.457 e. The van der Waals surface area contributed by atoms with E-state index in [9.17, 15) is 14.0 Å². The Morgan fingerprint density at radius 1 is 1.09 bits per heavy atom. The van der Waals surface area contributed by atoms with Crippen molar-refractivity contribution in [3.05, 3.63) is 77.3 Å². The van der Waals surface area contributed by atoms with E-state index < -0.39 is 5.82 Å². The van der Waals surface area contributed by atoms with Gasteiger partial charge in [-0.15, -0.1) is 0 Å². The van der Waals surface area contributed by atoms with Gasteiger partial charge in [-0.1, -0.05) is 12.1 Å². The molecule has 174 valence electrons. The molecule has 0 radical (unpaired) electrons. The molecule has 0 unspecified atom stereocenters. The van der Waals surface area contributed by atoms with Crippen molar-refractivity contribution in [2.45, 2.75) is 18.9 Å². The summed E-state index contributed by atoms with van der Waals surface area (Å²) in [6, 6.07) is 15.7. The van der Waals surface area contributed by atoms with Gasteiger partial charge in [-0.25, -0.2) is 4.39 Å². The molecule has 1 fully saturated rings. The van der Waals surface area contributed by atoms with Crippen LogP contribution in [0.15, 0.2) is 59.0 Å². The number of nitrogens with zero attached hydrogens (tertiary/aromatic N) is 2. The first-order valence-electron chi connectivity index (χ1n) is 11.4. The fourth-order valence-corrected chi connectivity index (χ4v) is 4.58. The van der Waals surface area contributed by atoms with Crippen molar-refractivity contribution in [1.82, 2.24) is 9.80 Å². The number of rotatable bonds is 4. The molecule has 7 heteroatoms. The largest absolute Gasteiger partial charge is 0.457 e. The van der Waals surface area contributed by atoms with Crippen LogP contribution < -0.4 is 5.32 Å². The molecule has 2 aliphatic rings. The Morgan fingerprint density at radius 3 is 2.53 bits per heavy atom. The van der Waals surface area contributed by atoms with E-state index in [1.54, 1.807) is 18.2 Å². The molecule has 3 aromatic rings. The average molecular weight is 460 g/mol. The molecule has 3 heterocycles. The second-order valence-corrected chi connectivity index (χ2v) is 8.97. The second kappa shape index (κ2) is 8.91. The zero-order chi connectivity index (χ0) is 23.8. The maximum atomic E-state index is 13.7. The number of piperidine rings is 1. The van der Waals surface area contributed by atoms with Crippen molar-refractivity contribution < 1.29 is 18.4 Å². The second-order valence-electron chi connectivity index (χ2n) is 8.97. The predicted octanol–water partition coefficient (Wildman–Crippen LogP) is 4.74. The summed E-state index contributed by atoms with van der Waals surface area (Å²) < 4.78 is 19.6. The summed E-state index contributed by atoms with van der Waals surface area (Å²) in [5, 5.41) is 2.73. The summed E-state index contributed by atoms with van der Waals surface area (Å²) in [7, 11) is 4.16. The normalized spacial score (nSPS) is 17.4. The predicted molar refractivity (Wildman–Crippen MR) is 130 cm³/mol. The molecule has 34 heavy (non-hydrogen) atoms. The van der Waals surface area contributed by atoms with Crippen molar-refractivity contribution in [1.29, 1.82) is 0 Å². The van der Waals surface area contributed by atoms with Crippen LogP contribution in [-0.2, 0) is 4.79 Å². The Labute approximate surface area is 197 Å². The van der Waals surface area contributed by atoms with E-state index in [0.29, 0.717) is 39.9 Å². The molecule has 1 saturated heterocycles. The summed E-state index contributed by atoms with van der Waals surface area (Å²) in [6.45, 7) is 1.53.